The molecular weight excluding hydrogens is 642 g/mol. The van der Waals surface area contributed by atoms with Gasteiger partial charge in [0, 0.05) is 28.1 Å². The summed E-state index contributed by atoms with van der Waals surface area (Å²) in [5, 5.41) is 4.96. The second-order valence-corrected chi connectivity index (χ2v) is 12.3. The standard InChI is InChI=1S/C38H37N3O7S/c1-4-5-21-48-29-15-13-28(14-16-29)41-35(42)24-34(38(41)45)49-31-18-11-27(12-19-31)39-37(44)32(40-36(43)25-9-7-6-8-10-25)23-26-22-30(46-2)17-20-33(26)47-3/h6-20,22-23,34H,4-5,21,24H2,1-3H3,(H,39,44)(H,40,43)/b32-23-. The van der Waals surface area contributed by atoms with Crippen molar-refractivity contribution in [3.05, 3.63) is 114 Å². The van der Waals surface area contributed by atoms with Gasteiger partial charge in [0.15, 0.2) is 0 Å². The van der Waals surface area contributed by atoms with Crippen molar-refractivity contribution in [2.75, 3.05) is 31.0 Å². The number of anilines is 2. The van der Waals surface area contributed by atoms with Gasteiger partial charge in [0.2, 0.25) is 11.8 Å². The van der Waals surface area contributed by atoms with Crippen LogP contribution in [0.5, 0.6) is 17.2 Å². The molecule has 1 aliphatic rings. The fourth-order valence-electron chi connectivity index (χ4n) is 5.02. The Bertz CT molecular complexity index is 1830. The zero-order chi connectivity index (χ0) is 34.8. The minimum absolute atomic E-state index is 0.0189. The maximum atomic E-state index is 13.6. The number of nitrogens with zero attached hydrogens (tertiary/aromatic N) is 1. The number of carbonyl (C=O) groups excluding carboxylic acids is 4. The topological polar surface area (TPSA) is 123 Å². The highest BCUT2D eigenvalue weighted by atomic mass is 32.2. The molecule has 0 radical (unpaired) electrons. The van der Waals surface area contributed by atoms with Crippen LogP contribution in [0.15, 0.2) is 108 Å². The van der Waals surface area contributed by atoms with Crippen molar-refractivity contribution in [2.45, 2.75) is 36.3 Å². The van der Waals surface area contributed by atoms with Crippen LogP contribution in [0, 0.1) is 0 Å². The average Bonchev–Trinajstić information content (AvgIpc) is 3.40. The predicted octanol–water partition coefficient (Wildman–Crippen LogP) is 6.72. The number of nitrogens with one attached hydrogen (secondary N) is 2. The Hall–Kier alpha value is -5.55. The Morgan fingerprint density at radius 2 is 1.61 bits per heavy atom. The third kappa shape index (κ3) is 8.88. The van der Waals surface area contributed by atoms with E-state index in [-0.39, 0.29) is 23.9 Å². The Morgan fingerprint density at radius 3 is 2.29 bits per heavy atom. The van der Waals surface area contributed by atoms with Crippen LogP contribution >= 0.6 is 11.8 Å². The van der Waals surface area contributed by atoms with Gasteiger partial charge in [-0.15, -0.1) is 11.8 Å². The van der Waals surface area contributed by atoms with Crippen molar-refractivity contribution in [2.24, 2.45) is 0 Å². The number of methoxy groups -OCH3 is 2. The molecule has 1 atom stereocenters. The predicted molar refractivity (Wildman–Crippen MR) is 190 cm³/mol. The highest BCUT2D eigenvalue weighted by Gasteiger charge is 2.40. The minimum Gasteiger partial charge on any atom is -0.497 e. The Kier molecular flexibility index (Phi) is 11.7. The second-order valence-electron chi connectivity index (χ2n) is 11.0. The van der Waals surface area contributed by atoms with Crippen LogP contribution in [0.1, 0.15) is 42.1 Å². The van der Waals surface area contributed by atoms with Crippen LogP contribution in [0.4, 0.5) is 11.4 Å². The number of benzene rings is 4. The highest BCUT2D eigenvalue weighted by molar-refractivity contribution is 8.00. The van der Waals surface area contributed by atoms with Crippen LogP contribution in [0.3, 0.4) is 0 Å². The first kappa shape index (κ1) is 34.8. The summed E-state index contributed by atoms with van der Waals surface area (Å²) in [5.41, 5.74) is 1.85. The number of unbranched alkanes of at least 4 members (excludes halogenated alkanes) is 1. The number of rotatable bonds is 14. The highest BCUT2D eigenvalue weighted by Crippen LogP contribution is 2.35. The van der Waals surface area contributed by atoms with Gasteiger partial charge < -0.3 is 24.8 Å². The number of hydrogen-bond acceptors (Lipinski definition) is 8. The van der Waals surface area contributed by atoms with E-state index in [1.807, 2.05) is 0 Å². The Labute approximate surface area is 289 Å². The summed E-state index contributed by atoms with van der Waals surface area (Å²) in [6.07, 6.45) is 3.56. The number of thioether (sulfide) groups is 1. The fourth-order valence-corrected chi connectivity index (χ4v) is 6.08. The van der Waals surface area contributed by atoms with E-state index in [1.54, 1.807) is 97.1 Å². The monoisotopic (exact) mass is 679 g/mol. The summed E-state index contributed by atoms with van der Waals surface area (Å²) >= 11 is 1.28. The van der Waals surface area contributed by atoms with E-state index in [0.29, 0.717) is 46.4 Å². The molecule has 2 N–H and O–H groups in total. The van der Waals surface area contributed by atoms with Crippen LogP contribution in [0.2, 0.25) is 0 Å². The Balaban J connectivity index is 1.27. The van der Waals surface area contributed by atoms with Gasteiger partial charge in [0.25, 0.3) is 11.8 Å². The van der Waals surface area contributed by atoms with Gasteiger partial charge in [0.05, 0.1) is 31.8 Å². The summed E-state index contributed by atoms with van der Waals surface area (Å²) in [4.78, 5) is 54.7. The number of carbonyl (C=O) groups is 4. The van der Waals surface area contributed by atoms with E-state index in [1.165, 1.54) is 37.0 Å². The normalized spacial score (nSPS) is 14.4. The Morgan fingerprint density at radius 1 is 0.898 bits per heavy atom. The van der Waals surface area contributed by atoms with Crippen molar-refractivity contribution in [1.82, 2.24) is 5.32 Å². The lowest BCUT2D eigenvalue weighted by Crippen LogP contribution is -2.31. The quantitative estimate of drug-likeness (QED) is 0.0856. The van der Waals surface area contributed by atoms with Crippen molar-refractivity contribution in [3.8, 4) is 17.2 Å². The summed E-state index contributed by atoms with van der Waals surface area (Å²) in [6.45, 7) is 2.70. The molecule has 4 amide bonds. The summed E-state index contributed by atoms with van der Waals surface area (Å²) in [6, 6.07) is 27.6. The van der Waals surface area contributed by atoms with E-state index in [4.69, 9.17) is 14.2 Å². The molecule has 252 valence electrons. The van der Waals surface area contributed by atoms with E-state index < -0.39 is 17.1 Å². The zero-order valence-corrected chi connectivity index (χ0v) is 28.3. The third-order valence-corrected chi connectivity index (χ3v) is 8.82. The molecule has 1 saturated heterocycles. The van der Waals surface area contributed by atoms with E-state index >= 15 is 0 Å². The minimum atomic E-state index is -0.589. The second kappa shape index (κ2) is 16.5. The lowest BCUT2D eigenvalue weighted by atomic mass is 10.1. The number of ether oxygens (including phenoxy) is 3. The molecular formula is C38H37N3O7S. The molecule has 0 aromatic heterocycles. The molecule has 0 bridgehead atoms. The number of hydrogen-bond donors (Lipinski definition) is 2. The van der Waals surface area contributed by atoms with Crippen molar-refractivity contribution in [1.29, 1.82) is 0 Å². The average molecular weight is 680 g/mol. The zero-order valence-electron chi connectivity index (χ0n) is 27.4. The molecule has 4 aromatic rings. The van der Waals surface area contributed by atoms with Crippen LogP contribution in [-0.4, -0.2) is 49.7 Å². The molecule has 49 heavy (non-hydrogen) atoms. The first-order valence-electron chi connectivity index (χ1n) is 15.8. The summed E-state index contributed by atoms with van der Waals surface area (Å²) in [5.74, 6) is 0.133. The molecule has 11 heteroatoms. The van der Waals surface area contributed by atoms with Crippen LogP contribution in [-0.2, 0) is 14.4 Å². The van der Waals surface area contributed by atoms with Crippen molar-refractivity contribution in [3.63, 3.8) is 0 Å². The smallest absolute Gasteiger partial charge is 0.272 e. The van der Waals surface area contributed by atoms with Crippen LogP contribution < -0.4 is 29.7 Å². The summed E-state index contributed by atoms with van der Waals surface area (Å²) in [7, 11) is 3.04. The largest absolute Gasteiger partial charge is 0.497 e. The van der Waals surface area contributed by atoms with E-state index in [0.717, 1.165) is 17.7 Å². The van der Waals surface area contributed by atoms with Gasteiger partial charge in [-0.1, -0.05) is 31.5 Å². The molecule has 1 fully saturated rings. The molecule has 0 spiro atoms. The maximum Gasteiger partial charge on any atom is 0.272 e. The fraction of sp³-hybridized carbons (Fsp3) is 0.211. The van der Waals surface area contributed by atoms with Crippen LogP contribution in [0.25, 0.3) is 6.08 Å². The van der Waals surface area contributed by atoms with Crippen molar-refractivity contribution < 1.29 is 33.4 Å². The van der Waals surface area contributed by atoms with E-state index in [2.05, 4.69) is 17.6 Å². The lowest BCUT2D eigenvalue weighted by Gasteiger charge is -2.16. The van der Waals surface area contributed by atoms with Gasteiger partial charge in [-0.05, 0) is 91.4 Å². The third-order valence-electron chi connectivity index (χ3n) is 7.62. The van der Waals surface area contributed by atoms with Gasteiger partial charge in [-0.3, -0.25) is 19.2 Å². The molecule has 5 rings (SSSR count). The first-order chi connectivity index (χ1) is 23.8. The molecule has 10 nitrogen and oxygen atoms in total. The maximum absolute atomic E-state index is 13.6. The lowest BCUT2D eigenvalue weighted by molar-refractivity contribution is -0.121. The first-order valence-corrected chi connectivity index (χ1v) is 16.7. The molecule has 0 aliphatic carbocycles. The van der Waals surface area contributed by atoms with Gasteiger partial charge >= 0.3 is 0 Å². The molecule has 1 unspecified atom stereocenters. The molecule has 0 saturated carbocycles. The SMILES string of the molecule is CCCCOc1ccc(N2C(=O)CC(Sc3ccc(NC(=O)/C(=C/c4cc(OC)ccc4OC)NC(=O)c4ccccc4)cc3)C2=O)cc1. The number of imide groups is 1. The van der Waals surface area contributed by atoms with Gasteiger partial charge in [-0.25, -0.2) is 4.90 Å². The van der Waals surface area contributed by atoms with Gasteiger partial charge in [0.1, 0.15) is 22.9 Å². The number of amides is 4. The molecule has 1 heterocycles. The van der Waals surface area contributed by atoms with E-state index in [9.17, 15) is 19.2 Å². The summed E-state index contributed by atoms with van der Waals surface area (Å²) < 4.78 is 16.5. The molecule has 4 aromatic carbocycles. The van der Waals surface area contributed by atoms with Gasteiger partial charge in [-0.2, -0.15) is 0 Å². The van der Waals surface area contributed by atoms with Crippen molar-refractivity contribution >= 4 is 52.8 Å². The molecule has 1 aliphatic heterocycles.